The van der Waals surface area contributed by atoms with E-state index in [0.717, 1.165) is 47.8 Å². The van der Waals surface area contributed by atoms with Crippen molar-refractivity contribution in [2.75, 3.05) is 6.54 Å². The van der Waals surface area contributed by atoms with Crippen LogP contribution in [0.5, 0.6) is 0 Å². The zero-order chi connectivity index (χ0) is 13.9. The first-order valence-corrected chi connectivity index (χ1v) is 7.21. The minimum absolute atomic E-state index is 0.638. The van der Waals surface area contributed by atoms with Gasteiger partial charge in [0, 0.05) is 12.2 Å². The van der Waals surface area contributed by atoms with Crippen LogP contribution in [-0.4, -0.2) is 27.7 Å². The molecule has 1 N–H and O–H groups in total. The molecule has 2 aromatic rings. The molecule has 0 radical (unpaired) electrons. The molecule has 5 heteroatoms. The Bertz CT molecular complexity index is 568. The highest BCUT2D eigenvalue weighted by molar-refractivity contribution is 5.62. The number of hydrogen-bond acceptors (Lipinski definition) is 5. The first kappa shape index (κ1) is 13.2. The van der Waals surface area contributed by atoms with E-state index in [0.29, 0.717) is 6.04 Å². The van der Waals surface area contributed by atoms with Gasteiger partial charge in [0.05, 0.1) is 28.8 Å². The molecule has 3 heterocycles. The molecule has 0 saturated carbocycles. The van der Waals surface area contributed by atoms with E-state index in [9.17, 15) is 0 Å². The van der Waals surface area contributed by atoms with Crippen LogP contribution in [-0.2, 0) is 6.42 Å². The quantitative estimate of drug-likeness (QED) is 0.926. The Kier molecular flexibility index (Phi) is 3.78. The second-order valence-electron chi connectivity index (χ2n) is 5.43. The van der Waals surface area contributed by atoms with E-state index in [1.807, 2.05) is 20.0 Å². The average Bonchev–Trinajstić information content (AvgIpc) is 3.07. The molecule has 1 aliphatic heterocycles. The Balaban J connectivity index is 1.75. The van der Waals surface area contributed by atoms with Crippen LogP contribution in [0.4, 0.5) is 0 Å². The molecule has 5 nitrogen and oxygen atoms in total. The maximum atomic E-state index is 5.20. The fourth-order valence-electron chi connectivity index (χ4n) is 2.82. The van der Waals surface area contributed by atoms with E-state index in [2.05, 4.69) is 15.5 Å². The third-order valence-electron chi connectivity index (χ3n) is 3.89. The van der Waals surface area contributed by atoms with Gasteiger partial charge in [-0.05, 0) is 46.1 Å². The highest BCUT2D eigenvalue weighted by atomic mass is 16.5. The lowest BCUT2D eigenvalue weighted by Gasteiger charge is -2.09. The lowest BCUT2D eigenvalue weighted by atomic mass is 10.1. The highest BCUT2D eigenvalue weighted by Crippen LogP contribution is 2.24. The number of nitrogens with one attached hydrogen (secondary N) is 1. The van der Waals surface area contributed by atoms with Crippen molar-refractivity contribution in [3.8, 4) is 11.3 Å². The summed E-state index contributed by atoms with van der Waals surface area (Å²) in [5.41, 5.74) is 3.74. The Hall–Kier alpha value is -1.75. The van der Waals surface area contributed by atoms with E-state index in [4.69, 9.17) is 9.51 Å². The maximum absolute atomic E-state index is 5.20. The topological polar surface area (TPSA) is 63.8 Å². The Morgan fingerprint density at radius 1 is 1.35 bits per heavy atom. The van der Waals surface area contributed by atoms with Crippen molar-refractivity contribution in [1.29, 1.82) is 0 Å². The van der Waals surface area contributed by atoms with Crippen LogP contribution in [0.15, 0.2) is 16.9 Å². The molecule has 0 unspecified atom stereocenters. The van der Waals surface area contributed by atoms with Crippen molar-refractivity contribution < 1.29 is 4.52 Å². The van der Waals surface area contributed by atoms with Crippen molar-refractivity contribution in [2.24, 2.45) is 0 Å². The van der Waals surface area contributed by atoms with Crippen molar-refractivity contribution in [2.45, 2.75) is 45.6 Å². The summed E-state index contributed by atoms with van der Waals surface area (Å²) in [4.78, 5) is 9.02. The Morgan fingerprint density at radius 2 is 2.25 bits per heavy atom. The monoisotopic (exact) mass is 272 g/mol. The highest BCUT2D eigenvalue weighted by Gasteiger charge is 2.16. The first-order chi connectivity index (χ1) is 9.74. The van der Waals surface area contributed by atoms with Crippen LogP contribution in [0.3, 0.4) is 0 Å². The van der Waals surface area contributed by atoms with Crippen LogP contribution >= 0.6 is 0 Å². The second kappa shape index (κ2) is 5.71. The molecule has 1 atom stereocenters. The average molecular weight is 272 g/mol. The molecule has 1 fully saturated rings. The van der Waals surface area contributed by atoms with E-state index in [1.165, 1.54) is 12.8 Å². The fourth-order valence-corrected chi connectivity index (χ4v) is 2.82. The van der Waals surface area contributed by atoms with Gasteiger partial charge in [-0.2, -0.15) is 0 Å². The van der Waals surface area contributed by atoms with Crippen LogP contribution in [0.25, 0.3) is 11.3 Å². The van der Waals surface area contributed by atoms with Crippen LogP contribution < -0.4 is 5.32 Å². The molecule has 0 spiro atoms. The van der Waals surface area contributed by atoms with Gasteiger partial charge in [0.1, 0.15) is 5.76 Å². The van der Waals surface area contributed by atoms with Crippen LogP contribution in [0.2, 0.25) is 0 Å². The van der Waals surface area contributed by atoms with Gasteiger partial charge in [-0.3, -0.25) is 4.98 Å². The van der Waals surface area contributed by atoms with Crippen LogP contribution in [0.1, 0.15) is 36.4 Å². The summed E-state index contributed by atoms with van der Waals surface area (Å²) in [6.07, 6.45) is 8.29. The molecule has 0 aromatic carbocycles. The molecule has 2 aromatic heterocycles. The van der Waals surface area contributed by atoms with Crippen molar-refractivity contribution >= 4 is 0 Å². The van der Waals surface area contributed by atoms with Gasteiger partial charge in [0.15, 0.2) is 0 Å². The molecular formula is C15H20N4O. The number of nitrogens with zero attached hydrogens (tertiary/aromatic N) is 3. The first-order valence-electron chi connectivity index (χ1n) is 7.21. The summed E-state index contributed by atoms with van der Waals surface area (Å²) < 4.78 is 5.20. The predicted molar refractivity (Wildman–Crippen MR) is 76.3 cm³/mol. The largest absolute Gasteiger partial charge is 0.361 e. The van der Waals surface area contributed by atoms with Gasteiger partial charge in [-0.15, -0.1) is 0 Å². The molecule has 0 amide bonds. The van der Waals surface area contributed by atoms with Gasteiger partial charge in [-0.1, -0.05) is 5.16 Å². The number of hydrogen-bond donors (Lipinski definition) is 1. The zero-order valence-corrected chi connectivity index (χ0v) is 12.0. The summed E-state index contributed by atoms with van der Waals surface area (Å²) in [7, 11) is 0. The van der Waals surface area contributed by atoms with Gasteiger partial charge in [-0.25, -0.2) is 4.98 Å². The molecule has 3 rings (SSSR count). The van der Waals surface area contributed by atoms with E-state index < -0.39 is 0 Å². The van der Waals surface area contributed by atoms with Crippen molar-refractivity contribution in [1.82, 2.24) is 20.4 Å². The Labute approximate surface area is 118 Å². The Morgan fingerprint density at radius 3 is 2.95 bits per heavy atom. The van der Waals surface area contributed by atoms with E-state index in [1.54, 1.807) is 6.20 Å². The predicted octanol–water partition coefficient (Wildman–Crippen LogP) is 2.43. The molecule has 0 bridgehead atoms. The minimum Gasteiger partial charge on any atom is -0.361 e. The lowest BCUT2D eigenvalue weighted by Crippen LogP contribution is -2.21. The fraction of sp³-hybridized carbons (Fsp3) is 0.533. The smallest absolute Gasteiger partial charge is 0.143 e. The number of aryl methyl sites for hydroxylation is 3. The second-order valence-corrected chi connectivity index (χ2v) is 5.43. The van der Waals surface area contributed by atoms with E-state index in [-0.39, 0.29) is 0 Å². The summed E-state index contributed by atoms with van der Waals surface area (Å²) >= 11 is 0. The van der Waals surface area contributed by atoms with Gasteiger partial charge < -0.3 is 9.84 Å². The van der Waals surface area contributed by atoms with Gasteiger partial charge in [0.25, 0.3) is 0 Å². The summed E-state index contributed by atoms with van der Waals surface area (Å²) in [6, 6.07) is 0.638. The summed E-state index contributed by atoms with van der Waals surface area (Å²) in [5, 5.41) is 7.49. The standard InChI is InChI=1S/C15H20N4O/c1-10-15(11(2)20-19-10)14-9-16-8-13(18-14)6-5-12-4-3-7-17-12/h8-9,12,17H,3-7H2,1-2H3/t12-/m0/s1. The number of aromatic nitrogens is 3. The van der Waals surface area contributed by atoms with Crippen molar-refractivity contribution in [3.05, 3.63) is 29.5 Å². The molecular weight excluding hydrogens is 252 g/mol. The molecule has 1 aliphatic rings. The molecule has 0 aliphatic carbocycles. The number of rotatable bonds is 4. The third kappa shape index (κ3) is 2.72. The minimum atomic E-state index is 0.638. The summed E-state index contributed by atoms with van der Waals surface area (Å²) in [5.74, 6) is 0.798. The maximum Gasteiger partial charge on any atom is 0.143 e. The summed E-state index contributed by atoms with van der Waals surface area (Å²) in [6.45, 7) is 4.99. The normalized spacial score (nSPS) is 18.6. The third-order valence-corrected chi connectivity index (χ3v) is 3.89. The van der Waals surface area contributed by atoms with Crippen molar-refractivity contribution in [3.63, 3.8) is 0 Å². The SMILES string of the molecule is Cc1noc(C)c1-c1cncc(CC[C@@H]2CCCN2)n1. The molecule has 106 valence electrons. The zero-order valence-electron chi connectivity index (χ0n) is 12.0. The van der Waals surface area contributed by atoms with Crippen LogP contribution in [0, 0.1) is 13.8 Å². The lowest BCUT2D eigenvalue weighted by molar-refractivity contribution is 0.393. The van der Waals surface area contributed by atoms with Gasteiger partial charge in [0.2, 0.25) is 0 Å². The van der Waals surface area contributed by atoms with Gasteiger partial charge >= 0.3 is 0 Å². The molecule has 20 heavy (non-hydrogen) atoms. The molecule has 1 saturated heterocycles. The van der Waals surface area contributed by atoms with E-state index >= 15 is 0 Å².